The van der Waals surface area contributed by atoms with Gasteiger partial charge in [-0.2, -0.15) is 0 Å². The van der Waals surface area contributed by atoms with Gasteiger partial charge in [0.05, 0.1) is 18.6 Å². The number of aliphatic carboxylic acids is 1. The van der Waals surface area contributed by atoms with Gasteiger partial charge in [0.1, 0.15) is 12.6 Å². The molecule has 0 spiro atoms. The molecule has 0 bridgehead atoms. The van der Waals surface area contributed by atoms with E-state index >= 15 is 0 Å². The van der Waals surface area contributed by atoms with Crippen molar-refractivity contribution in [3.05, 3.63) is 59.7 Å². The molecule has 2 aliphatic rings. The molecule has 3 N–H and O–H groups in total. The molecule has 2 aromatic carbocycles. The Morgan fingerprint density at radius 3 is 2.27 bits per heavy atom. The fourth-order valence-corrected chi connectivity index (χ4v) is 4.58. The normalized spacial score (nSPS) is 18.6. The van der Waals surface area contributed by atoms with E-state index in [0.717, 1.165) is 35.1 Å². The molecule has 1 fully saturated rings. The lowest BCUT2D eigenvalue weighted by atomic mass is 9.98. The molecule has 1 heterocycles. The number of carbonyl (C=O) groups is 3. The lowest BCUT2D eigenvalue weighted by molar-refractivity contribution is -0.140. The van der Waals surface area contributed by atoms with E-state index < -0.39 is 30.4 Å². The molecule has 8 nitrogen and oxygen atoms in total. The zero-order valence-corrected chi connectivity index (χ0v) is 18.5. The van der Waals surface area contributed by atoms with Crippen LogP contribution < -0.4 is 10.6 Å². The second kappa shape index (κ2) is 10.0. The Hall–Kier alpha value is -3.39. The molecule has 2 aromatic rings. The van der Waals surface area contributed by atoms with Gasteiger partial charge in [-0.3, -0.25) is 9.59 Å². The fourth-order valence-electron chi connectivity index (χ4n) is 4.58. The summed E-state index contributed by atoms with van der Waals surface area (Å²) in [7, 11) is 0. The van der Waals surface area contributed by atoms with Crippen LogP contribution in [0.4, 0.5) is 4.79 Å². The van der Waals surface area contributed by atoms with Crippen molar-refractivity contribution in [2.24, 2.45) is 0 Å². The molecule has 0 radical (unpaired) electrons. The summed E-state index contributed by atoms with van der Waals surface area (Å²) in [5.41, 5.74) is 4.34. The third-order valence-corrected chi connectivity index (χ3v) is 6.22. The number of rotatable bonds is 8. The Labute approximate surface area is 192 Å². The smallest absolute Gasteiger partial charge is 0.407 e. The van der Waals surface area contributed by atoms with Crippen LogP contribution >= 0.6 is 0 Å². The number of carboxylic acids is 1. The summed E-state index contributed by atoms with van der Waals surface area (Å²) in [4.78, 5) is 36.5. The van der Waals surface area contributed by atoms with Crippen LogP contribution in [0.3, 0.4) is 0 Å². The van der Waals surface area contributed by atoms with Crippen LogP contribution in [0.5, 0.6) is 0 Å². The summed E-state index contributed by atoms with van der Waals surface area (Å²) in [6.45, 7) is 2.52. The zero-order chi connectivity index (χ0) is 23.4. The van der Waals surface area contributed by atoms with Crippen molar-refractivity contribution < 1.29 is 29.0 Å². The number of fused-ring (bicyclic) bond motifs is 3. The predicted molar refractivity (Wildman–Crippen MR) is 121 cm³/mol. The quantitative estimate of drug-likeness (QED) is 0.567. The highest BCUT2D eigenvalue weighted by Crippen LogP contribution is 2.44. The Balaban J connectivity index is 1.39. The first-order valence-corrected chi connectivity index (χ1v) is 11.2. The molecular weight excluding hydrogens is 424 g/mol. The van der Waals surface area contributed by atoms with Gasteiger partial charge in [0, 0.05) is 12.5 Å². The summed E-state index contributed by atoms with van der Waals surface area (Å²) < 4.78 is 11.0. The number of amides is 2. The zero-order valence-electron chi connectivity index (χ0n) is 18.5. The molecule has 1 saturated heterocycles. The molecule has 1 aliphatic carbocycles. The van der Waals surface area contributed by atoms with Crippen LogP contribution in [0, 0.1) is 0 Å². The van der Waals surface area contributed by atoms with E-state index in [1.54, 1.807) is 6.92 Å². The number of hydrogen-bond donors (Lipinski definition) is 3. The minimum Gasteiger partial charge on any atom is -0.481 e. The summed E-state index contributed by atoms with van der Waals surface area (Å²) in [6.07, 6.45) is 0.248. The van der Waals surface area contributed by atoms with Gasteiger partial charge in [0.15, 0.2) is 0 Å². The minimum atomic E-state index is -1.25. The highest BCUT2D eigenvalue weighted by atomic mass is 16.5. The van der Waals surface area contributed by atoms with Gasteiger partial charge in [0.25, 0.3) is 0 Å². The van der Waals surface area contributed by atoms with Crippen LogP contribution in [-0.2, 0) is 19.1 Å². The molecule has 1 aliphatic heterocycles. The summed E-state index contributed by atoms with van der Waals surface area (Å²) >= 11 is 0. The van der Waals surface area contributed by atoms with Crippen molar-refractivity contribution in [2.75, 3.05) is 13.2 Å². The lowest BCUT2D eigenvalue weighted by Gasteiger charge is -2.23. The van der Waals surface area contributed by atoms with Crippen LogP contribution in [-0.4, -0.2) is 54.5 Å². The van der Waals surface area contributed by atoms with Crippen LogP contribution in [0.2, 0.25) is 0 Å². The molecule has 0 saturated carbocycles. The third-order valence-electron chi connectivity index (χ3n) is 6.22. The first kappa shape index (κ1) is 22.8. The van der Waals surface area contributed by atoms with E-state index in [9.17, 15) is 19.5 Å². The lowest BCUT2D eigenvalue weighted by Crippen LogP contribution is -2.52. The van der Waals surface area contributed by atoms with Gasteiger partial charge in [-0.1, -0.05) is 48.5 Å². The minimum absolute atomic E-state index is 0.0770. The van der Waals surface area contributed by atoms with Crippen LogP contribution in [0.15, 0.2) is 48.5 Å². The summed E-state index contributed by atoms with van der Waals surface area (Å²) in [6, 6.07) is 14.4. The van der Waals surface area contributed by atoms with Crippen molar-refractivity contribution in [1.29, 1.82) is 0 Å². The molecule has 3 atom stereocenters. The van der Waals surface area contributed by atoms with Gasteiger partial charge in [0.2, 0.25) is 5.91 Å². The summed E-state index contributed by atoms with van der Waals surface area (Å²) in [5.74, 6) is -1.90. The van der Waals surface area contributed by atoms with E-state index in [0.29, 0.717) is 6.61 Å². The molecule has 0 aromatic heterocycles. The van der Waals surface area contributed by atoms with Gasteiger partial charge in [-0.05, 0) is 42.0 Å². The number of carbonyl (C=O) groups excluding carboxylic acids is 2. The maximum Gasteiger partial charge on any atom is 0.407 e. The van der Waals surface area contributed by atoms with E-state index in [1.807, 2.05) is 48.5 Å². The maximum absolute atomic E-state index is 12.7. The average molecular weight is 453 g/mol. The number of nitrogens with one attached hydrogen (secondary N) is 2. The van der Waals surface area contributed by atoms with Gasteiger partial charge in [-0.25, -0.2) is 4.79 Å². The highest BCUT2D eigenvalue weighted by Gasteiger charge is 2.31. The van der Waals surface area contributed by atoms with E-state index in [-0.39, 0.29) is 24.7 Å². The molecular formula is C25H28N2O6. The summed E-state index contributed by atoms with van der Waals surface area (Å²) in [5, 5.41) is 14.4. The molecule has 33 heavy (non-hydrogen) atoms. The number of ether oxygens (including phenoxy) is 2. The van der Waals surface area contributed by atoms with Crippen molar-refractivity contribution in [1.82, 2.24) is 10.6 Å². The second-order valence-electron chi connectivity index (χ2n) is 8.47. The van der Waals surface area contributed by atoms with Crippen molar-refractivity contribution in [3.8, 4) is 11.1 Å². The van der Waals surface area contributed by atoms with Crippen molar-refractivity contribution in [2.45, 2.75) is 50.3 Å². The van der Waals surface area contributed by atoms with Gasteiger partial charge in [-0.15, -0.1) is 0 Å². The van der Waals surface area contributed by atoms with E-state index in [4.69, 9.17) is 9.47 Å². The second-order valence-corrected chi connectivity index (χ2v) is 8.47. The molecule has 3 unspecified atom stereocenters. The van der Waals surface area contributed by atoms with Crippen molar-refractivity contribution >= 4 is 18.0 Å². The first-order valence-electron chi connectivity index (χ1n) is 11.2. The Kier molecular flexibility index (Phi) is 6.93. The number of carboxylic acid groups (broad SMARTS) is 1. The Morgan fingerprint density at radius 1 is 1.06 bits per heavy atom. The third kappa shape index (κ3) is 5.17. The number of benzene rings is 2. The monoisotopic (exact) mass is 452 g/mol. The maximum atomic E-state index is 12.7. The van der Waals surface area contributed by atoms with Crippen molar-refractivity contribution in [3.63, 3.8) is 0 Å². The topological polar surface area (TPSA) is 114 Å². The largest absolute Gasteiger partial charge is 0.481 e. The van der Waals surface area contributed by atoms with Gasteiger partial charge >= 0.3 is 12.1 Å². The molecule has 174 valence electrons. The number of alkyl carbamates (subject to hydrolysis) is 1. The SMILES string of the molecule is CC(NC(=O)C(CC(=O)O)NC(=O)OCC1c2ccccc2-c2ccccc21)C1CCCO1. The standard InChI is InChI=1S/C25H28N2O6/c1-15(22-11-6-12-32-22)26-24(30)21(13-23(28)29)27-25(31)33-14-20-18-9-4-2-7-16(18)17-8-3-5-10-19(17)20/h2-5,7-10,15,20-22H,6,11-14H2,1H3,(H,26,30)(H,27,31)(H,28,29). The van der Waals surface area contributed by atoms with E-state index in [1.165, 1.54) is 0 Å². The molecule has 8 heteroatoms. The molecule has 2 amide bonds. The molecule has 4 rings (SSSR count). The van der Waals surface area contributed by atoms with Crippen LogP contribution in [0.25, 0.3) is 11.1 Å². The van der Waals surface area contributed by atoms with E-state index in [2.05, 4.69) is 10.6 Å². The first-order chi connectivity index (χ1) is 15.9. The predicted octanol–water partition coefficient (Wildman–Crippen LogP) is 3.05. The number of hydrogen-bond acceptors (Lipinski definition) is 5. The average Bonchev–Trinajstić information content (AvgIpc) is 3.44. The fraction of sp³-hybridized carbons (Fsp3) is 0.400. The van der Waals surface area contributed by atoms with Crippen LogP contribution in [0.1, 0.15) is 43.2 Å². The Morgan fingerprint density at radius 2 is 1.70 bits per heavy atom. The van der Waals surface area contributed by atoms with Gasteiger partial charge < -0.3 is 25.2 Å². The highest BCUT2D eigenvalue weighted by molar-refractivity contribution is 5.89. The Bertz CT molecular complexity index is 988.